The van der Waals surface area contributed by atoms with Gasteiger partial charge in [0, 0.05) is 29.1 Å². The quantitative estimate of drug-likeness (QED) is 0.807. The molecule has 0 bridgehead atoms. The van der Waals surface area contributed by atoms with Gasteiger partial charge in [-0.3, -0.25) is 4.90 Å². The molecule has 0 aliphatic heterocycles. The SMILES string of the molecule is CC(Cc1cccs1)N(C)Cc1occc1CNC1CC1. The minimum atomic E-state index is 0.512. The van der Waals surface area contributed by atoms with Gasteiger partial charge in [0.05, 0.1) is 12.8 Å². The lowest BCUT2D eigenvalue weighted by molar-refractivity contribution is 0.228. The maximum Gasteiger partial charge on any atom is 0.122 e. The lowest BCUT2D eigenvalue weighted by Gasteiger charge is -2.23. The van der Waals surface area contributed by atoms with Crippen LogP contribution in [0.5, 0.6) is 0 Å². The molecule has 0 aromatic carbocycles. The summed E-state index contributed by atoms with van der Waals surface area (Å²) in [5, 5.41) is 5.71. The van der Waals surface area contributed by atoms with Gasteiger partial charge in [-0.25, -0.2) is 0 Å². The zero-order valence-electron chi connectivity index (χ0n) is 12.8. The minimum absolute atomic E-state index is 0.512. The highest BCUT2D eigenvalue weighted by molar-refractivity contribution is 7.09. The number of thiophene rings is 1. The third-order valence-electron chi connectivity index (χ3n) is 4.22. The molecule has 21 heavy (non-hydrogen) atoms. The Morgan fingerprint density at radius 1 is 1.43 bits per heavy atom. The predicted molar refractivity (Wildman–Crippen MR) is 87.5 cm³/mol. The normalized spacial score (nSPS) is 16.5. The second-order valence-electron chi connectivity index (χ2n) is 6.07. The Kier molecular flexibility index (Phi) is 4.78. The lowest BCUT2D eigenvalue weighted by Crippen LogP contribution is -2.30. The summed E-state index contributed by atoms with van der Waals surface area (Å²) < 4.78 is 5.69. The van der Waals surface area contributed by atoms with Crippen molar-refractivity contribution in [2.24, 2.45) is 0 Å². The number of furan rings is 1. The number of hydrogen-bond donors (Lipinski definition) is 1. The molecule has 0 amide bonds. The van der Waals surface area contributed by atoms with Gasteiger partial charge in [-0.05, 0) is 50.7 Å². The Morgan fingerprint density at radius 3 is 3.00 bits per heavy atom. The number of nitrogens with zero attached hydrogens (tertiary/aromatic N) is 1. The van der Waals surface area contributed by atoms with Gasteiger partial charge in [0.1, 0.15) is 5.76 Å². The maximum absolute atomic E-state index is 5.69. The minimum Gasteiger partial charge on any atom is -0.468 e. The molecule has 4 heteroatoms. The van der Waals surface area contributed by atoms with Crippen molar-refractivity contribution in [3.8, 4) is 0 Å². The van der Waals surface area contributed by atoms with Crippen molar-refractivity contribution < 1.29 is 4.42 Å². The van der Waals surface area contributed by atoms with Crippen LogP contribution in [-0.4, -0.2) is 24.0 Å². The second-order valence-corrected chi connectivity index (χ2v) is 7.10. The van der Waals surface area contributed by atoms with Crippen molar-refractivity contribution >= 4 is 11.3 Å². The third kappa shape index (κ3) is 4.19. The van der Waals surface area contributed by atoms with Crippen LogP contribution in [0.4, 0.5) is 0 Å². The van der Waals surface area contributed by atoms with Crippen molar-refractivity contribution in [3.63, 3.8) is 0 Å². The van der Waals surface area contributed by atoms with Crippen LogP contribution in [0.2, 0.25) is 0 Å². The second kappa shape index (κ2) is 6.77. The first kappa shape index (κ1) is 14.8. The fourth-order valence-electron chi connectivity index (χ4n) is 2.46. The number of hydrogen-bond acceptors (Lipinski definition) is 4. The molecule has 0 radical (unpaired) electrons. The van der Waals surface area contributed by atoms with Crippen LogP contribution in [0.15, 0.2) is 34.3 Å². The lowest BCUT2D eigenvalue weighted by atomic mass is 10.1. The molecule has 1 aliphatic carbocycles. The van der Waals surface area contributed by atoms with Gasteiger partial charge >= 0.3 is 0 Å². The molecule has 0 saturated heterocycles. The molecule has 1 aliphatic rings. The van der Waals surface area contributed by atoms with Crippen molar-refractivity contribution in [2.45, 2.75) is 51.4 Å². The van der Waals surface area contributed by atoms with Gasteiger partial charge in [-0.2, -0.15) is 0 Å². The van der Waals surface area contributed by atoms with E-state index in [1.807, 2.05) is 17.6 Å². The van der Waals surface area contributed by atoms with Gasteiger partial charge in [0.15, 0.2) is 0 Å². The first-order chi connectivity index (χ1) is 10.2. The van der Waals surface area contributed by atoms with Crippen molar-refractivity contribution in [2.75, 3.05) is 7.05 Å². The summed E-state index contributed by atoms with van der Waals surface area (Å²) in [4.78, 5) is 3.82. The van der Waals surface area contributed by atoms with Gasteiger partial charge in [0.25, 0.3) is 0 Å². The molecule has 2 aromatic heterocycles. The zero-order chi connectivity index (χ0) is 14.7. The van der Waals surface area contributed by atoms with E-state index >= 15 is 0 Å². The van der Waals surface area contributed by atoms with E-state index in [4.69, 9.17) is 4.42 Å². The van der Waals surface area contributed by atoms with Crippen LogP contribution in [0.1, 0.15) is 36.0 Å². The molecule has 1 N–H and O–H groups in total. The summed E-state index contributed by atoms with van der Waals surface area (Å²) in [7, 11) is 2.18. The summed E-state index contributed by atoms with van der Waals surface area (Å²) >= 11 is 1.84. The van der Waals surface area contributed by atoms with Crippen molar-refractivity contribution in [3.05, 3.63) is 46.0 Å². The zero-order valence-corrected chi connectivity index (χ0v) is 13.7. The molecule has 0 spiro atoms. The van der Waals surface area contributed by atoms with Crippen LogP contribution in [0, 0.1) is 0 Å². The van der Waals surface area contributed by atoms with E-state index in [1.165, 1.54) is 23.3 Å². The number of likely N-dealkylation sites (N-methyl/N-ethyl adjacent to an activating group) is 1. The van der Waals surface area contributed by atoms with Crippen molar-refractivity contribution in [1.29, 1.82) is 0 Å². The summed E-state index contributed by atoms with van der Waals surface area (Å²) in [6.45, 7) is 4.09. The average molecular weight is 304 g/mol. The maximum atomic E-state index is 5.69. The van der Waals surface area contributed by atoms with E-state index in [2.05, 4.69) is 47.8 Å². The van der Waals surface area contributed by atoms with Crippen LogP contribution in [0.3, 0.4) is 0 Å². The summed E-state index contributed by atoms with van der Waals surface area (Å²) in [6.07, 6.45) is 5.57. The fraction of sp³-hybridized carbons (Fsp3) is 0.529. The highest BCUT2D eigenvalue weighted by atomic mass is 32.1. The molecule has 1 fully saturated rings. The van der Waals surface area contributed by atoms with Crippen LogP contribution >= 0.6 is 11.3 Å². The van der Waals surface area contributed by atoms with Crippen LogP contribution in [-0.2, 0) is 19.5 Å². The standard InChI is InChI=1S/C17H24N2OS/c1-13(10-16-4-3-9-21-16)19(2)12-17-14(7-8-20-17)11-18-15-5-6-15/h3-4,7-9,13,15,18H,5-6,10-12H2,1-2H3. The van der Waals surface area contributed by atoms with E-state index < -0.39 is 0 Å². The first-order valence-electron chi connectivity index (χ1n) is 7.73. The van der Waals surface area contributed by atoms with E-state index in [0.29, 0.717) is 6.04 Å². The number of nitrogens with one attached hydrogen (secondary N) is 1. The molecule has 114 valence electrons. The largest absolute Gasteiger partial charge is 0.468 e. The van der Waals surface area contributed by atoms with Crippen molar-refractivity contribution in [1.82, 2.24) is 10.2 Å². The Bertz CT molecular complexity index is 545. The topological polar surface area (TPSA) is 28.4 Å². The molecule has 1 atom stereocenters. The highest BCUT2D eigenvalue weighted by Crippen LogP contribution is 2.21. The Balaban J connectivity index is 1.53. The Morgan fingerprint density at radius 2 is 2.29 bits per heavy atom. The molecule has 3 rings (SSSR count). The highest BCUT2D eigenvalue weighted by Gasteiger charge is 2.21. The smallest absolute Gasteiger partial charge is 0.122 e. The molecule has 2 aromatic rings. The molecule has 1 saturated carbocycles. The van der Waals surface area contributed by atoms with E-state index in [-0.39, 0.29) is 0 Å². The Hall–Kier alpha value is -1.10. The van der Waals surface area contributed by atoms with Crippen LogP contribution in [0.25, 0.3) is 0 Å². The van der Waals surface area contributed by atoms with E-state index in [0.717, 1.165) is 31.3 Å². The monoisotopic (exact) mass is 304 g/mol. The van der Waals surface area contributed by atoms with Crippen LogP contribution < -0.4 is 5.32 Å². The summed E-state index contributed by atoms with van der Waals surface area (Å²) in [5.74, 6) is 1.10. The predicted octanol–water partition coefficient (Wildman–Crippen LogP) is 3.66. The Labute approximate surface area is 131 Å². The average Bonchev–Trinajstić information content (AvgIpc) is 2.96. The molecule has 2 heterocycles. The fourth-order valence-corrected chi connectivity index (χ4v) is 3.29. The van der Waals surface area contributed by atoms with E-state index in [9.17, 15) is 0 Å². The molecule has 1 unspecified atom stereocenters. The van der Waals surface area contributed by atoms with Gasteiger partial charge in [-0.15, -0.1) is 11.3 Å². The van der Waals surface area contributed by atoms with Gasteiger partial charge in [0.2, 0.25) is 0 Å². The number of rotatable bonds is 8. The summed E-state index contributed by atoms with van der Waals surface area (Å²) in [5.41, 5.74) is 1.30. The molecular formula is C17H24N2OS. The summed E-state index contributed by atoms with van der Waals surface area (Å²) in [6, 6.07) is 7.69. The van der Waals surface area contributed by atoms with E-state index in [1.54, 1.807) is 0 Å². The first-order valence-corrected chi connectivity index (χ1v) is 8.61. The molecular weight excluding hydrogens is 280 g/mol. The van der Waals surface area contributed by atoms with Gasteiger partial charge in [-0.1, -0.05) is 6.07 Å². The van der Waals surface area contributed by atoms with Gasteiger partial charge < -0.3 is 9.73 Å². The third-order valence-corrected chi connectivity index (χ3v) is 5.12. The molecule has 3 nitrogen and oxygen atoms in total.